The van der Waals surface area contributed by atoms with Crippen LogP contribution in [0, 0.1) is 0 Å². The smallest absolute Gasteiger partial charge is 0.138 e. The molecule has 1 fully saturated rings. The number of nitrogens with zero attached hydrogens (tertiary/aromatic N) is 3. The highest BCUT2D eigenvalue weighted by molar-refractivity contribution is 7.16. The molecule has 114 valence electrons. The molecule has 5 nitrogen and oxygen atoms in total. The number of hydrogen-bond donors (Lipinski definition) is 1. The van der Waals surface area contributed by atoms with E-state index in [-0.39, 0.29) is 0 Å². The quantitative estimate of drug-likeness (QED) is 0.941. The maximum atomic E-state index is 5.80. The molecule has 0 bridgehead atoms. The van der Waals surface area contributed by atoms with Crippen LogP contribution in [-0.4, -0.2) is 52.8 Å². The van der Waals surface area contributed by atoms with Crippen molar-refractivity contribution in [1.82, 2.24) is 14.9 Å². The van der Waals surface area contributed by atoms with Gasteiger partial charge < -0.3 is 10.1 Å². The topological polar surface area (TPSA) is 50.3 Å². The summed E-state index contributed by atoms with van der Waals surface area (Å²) < 4.78 is 5.80. The maximum Gasteiger partial charge on any atom is 0.138 e. The van der Waals surface area contributed by atoms with Crippen LogP contribution in [0.5, 0.6) is 0 Å². The van der Waals surface area contributed by atoms with E-state index in [0.717, 1.165) is 35.7 Å². The van der Waals surface area contributed by atoms with Crippen molar-refractivity contribution in [3.05, 3.63) is 17.8 Å². The third kappa shape index (κ3) is 3.33. The molecule has 0 aromatic carbocycles. The summed E-state index contributed by atoms with van der Waals surface area (Å²) in [4.78, 5) is 12.2. The minimum Gasteiger partial charge on any atom is -0.373 e. The predicted octanol–water partition coefficient (Wildman–Crippen LogP) is 2.60. The molecule has 2 aromatic rings. The number of morpholine rings is 1. The fourth-order valence-electron chi connectivity index (χ4n) is 2.88. The lowest BCUT2D eigenvalue weighted by Gasteiger charge is -2.39. The Labute approximate surface area is 129 Å². The van der Waals surface area contributed by atoms with Crippen LogP contribution in [-0.2, 0) is 4.74 Å². The minimum absolute atomic E-state index is 0.304. The van der Waals surface area contributed by atoms with Crippen LogP contribution in [0.4, 0.5) is 5.82 Å². The third-order valence-corrected chi connectivity index (χ3v) is 4.72. The Morgan fingerprint density at radius 1 is 1.38 bits per heavy atom. The van der Waals surface area contributed by atoms with Crippen LogP contribution in [0.1, 0.15) is 20.8 Å². The second kappa shape index (κ2) is 6.25. The lowest BCUT2D eigenvalue weighted by molar-refractivity contribution is -0.0769. The van der Waals surface area contributed by atoms with Gasteiger partial charge in [-0.3, -0.25) is 4.90 Å². The van der Waals surface area contributed by atoms with Crippen molar-refractivity contribution in [2.75, 3.05) is 25.0 Å². The number of ether oxygens (including phenoxy) is 1. The Balaban J connectivity index is 1.63. The number of anilines is 1. The lowest BCUT2D eigenvalue weighted by atomic mass is 10.1. The Hall–Kier alpha value is -1.24. The molecule has 21 heavy (non-hydrogen) atoms. The molecule has 0 spiro atoms. The first-order chi connectivity index (χ1) is 10.1. The van der Waals surface area contributed by atoms with E-state index >= 15 is 0 Å². The summed E-state index contributed by atoms with van der Waals surface area (Å²) in [7, 11) is 0. The van der Waals surface area contributed by atoms with Crippen molar-refractivity contribution in [3.63, 3.8) is 0 Å². The molecule has 1 aliphatic heterocycles. The number of aromatic nitrogens is 2. The largest absolute Gasteiger partial charge is 0.373 e. The van der Waals surface area contributed by atoms with Gasteiger partial charge in [0, 0.05) is 25.7 Å². The molecule has 3 heterocycles. The Morgan fingerprint density at radius 3 is 2.90 bits per heavy atom. The standard InChI is InChI=1S/C15H22N4OS/c1-10(19-7-11(2)20-12(3)8-19)6-16-14-13-4-5-21-15(13)18-9-17-14/h4-5,9-12H,6-8H2,1-3H3,(H,16,17,18)/t10-,11-,12-/m1/s1. The average molecular weight is 306 g/mol. The van der Waals surface area contributed by atoms with Crippen molar-refractivity contribution in [2.45, 2.75) is 39.0 Å². The van der Waals surface area contributed by atoms with Crippen LogP contribution >= 0.6 is 11.3 Å². The molecule has 1 N–H and O–H groups in total. The molecule has 0 aliphatic carbocycles. The molecular weight excluding hydrogens is 284 g/mol. The Kier molecular flexibility index (Phi) is 4.37. The summed E-state index contributed by atoms with van der Waals surface area (Å²) in [6.45, 7) is 9.39. The van der Waals surface area contributed by atoms with Gasteiger partial charge in [0.2, 0.25) is 0 Å². The van der Waals surface area contributed by atoms with Crippen LogP contribution in [0.3, 0.4) is 0 Å². The molecule has 0 radical (unpaired) electrons. The van der Waals surface area contributed by atoms with E-state index in [1.165, 1.54) is 0 Å². The van der Waals surface area contributed by atoms with Crippen LogP contribution in [0.2, 0.25) is 0 Å². The first-order valence-corrected chi connectivity index (χ1v) is 8.33. The molecule has 6 heteroatoms. The van der Waals surface area contributed by atoms with Crippen molar-refractivity contribution in [1.29, 1.82) is 0 Å². The number of hydrogen-bond acceptors (Lipinski definition) is 6. The van der Waals surface area contributed by atoms with Gasteiger partial charge in [0.05, 0.1) is 17.6 Å². The highest BCUT2D eigenvalue weighted by Gasteiger charge is 2.25. The SMILES string of the molecule is C[C@@H]1CN([C@H](C)CNc2ncnc3sccc23)C[C@@H](C)O1. The van der Waals surface area contributed by atoms with Crippen molar-refractivity contribution < 1.29 is 4.74 Å². The maximum absolute atomic E-state index is 5.80. The highest BCUT2D eigenvalue weighted by Crippen LogP contribution is 2.24. The van der Waals surface area contributed by atoms with Gasteiger partial charge in [-0.2, -0.15) is 0 Å². The lowest BCUT2D eigenvalue weighted by Crippen LogP contribution is -2.51. The Morgan fingerprint density at radius 2 is 2.14 bits per heavy atom. The van der Waals surface area contributed by atoms with Gasteiger partial charge in [0.1, 0.15) is 17.0 Å². The summed E-state index contributed by atoms with van der Waals surface area (Å²) in [5.74, 6) is 0.933. The summed E-state index contributed by atoms with van der Waals surface area (Å²) in [6, 6.07) is 2.52. The molecule has 3 atom stereocenters. The van der Waals surface area contributed by atoms with Gasteiger partial charge in [-0.15, -0.1) is 11.3 Å². The number of nitrogens with one attached hydrogen (secondary N) is 1. The summed E-state index contributed by atoms with van der Waals surface area (Å²) in [6.07, 6.45) is 2.24. The fraction of sp³-hybridized carbons (Fsp3) is 0.600. The second-order valence-electron chi connectivity index (χ2n) is 5.80. The number of thiophene rings is 1. The van der Waals surface area contributed by atoms with E-state index < -0.39 is 0 Å². The van der Waals surface area contributed by atoms with E-state index in [0.29, 0.717) is 18.2 Å². The van der Waals surface area contributed by atoms with Crippen molar-refractivity contribution in [3.8, 4) is 0 Å². The van der Waals surface area contributed by atoms with Crippen LogP contribution in [0.15, 0.2) is 17.8 Å². The summed E-state index contributed by atoms with van der Waals surface area (Å²) >= 11 is 1.65. The van der Waals surface area contributed by atoms with Crippen LogP contribution in [0.25, 0.3) is 10.2 Å². The number of fused-ring (bicyclic) bond motifs is 1. The zero-order chi connectivity index (χ0) is 14.8. The molecule has 0 unspecified atom stereocenters. The summed E-state index contributed by atoms with van der Waals surface area (Å²) in [5.41, 5.74) is 0. The van der Waals surface area contributed by atoms with E-state index in [1.807, 2.05) is 0 Å². The summed E-state index contributed by atoms with van der Waals surface area (Å²) in [5, 5.41) is 6.64. The van der Waals surface area contributed by atoms with E-state index in [9.17, 15) is 0 Å². The van der Waals surface area contributed by atoms with Gasteiger partial charge in [-0.1, -0.05) is 0 Å². The molecular formula is C15H22N4OS. The van der Waals surface area contributed by atoms with Gasteiger partial charge >= 0.3 is 0 Å². The van der Waals surface area contributed by atoms with Crippen LogP contribution < -0.4 is 5.32 Å². The number of rotatable bonds is 4. The third-order valence-electron chi connectivity index (χ3n) is 3.90. The predicted molar refractivity (Wildman–Crippen MR) is 86.9 cm³/mol. The Bertz CT molecular complexity index is 592. The monoisotopic (exact) mass is 306 g/mol. The normalized spacial score (nSPS) is 25.1. The average Bonchev–Trinajstić information content (AvgIpc) is 2.92. The van der Waals surface area contributed by atoms with Crippen molar-refractivity contribution >= 4 is 27.4 Å². The second-order valence-corrected chi connectivity index (χ2v) is 6.70. The van der Waals surface area contributed by atoms with E-state index in [2.05, 4.69) is 52.4 Å². The zero-order valence-corrected chi connectivity index (χ0v) is 13.6. The van der Waals surface area contributed by atoms with Crippen molar-refractivity contribution in [2.24, 2.45) is 0 Å². The van der Waals surface area contributed by atoms with E-state index in [1.54, 1.807) is 17.7 Å². The molecule has 2 aromatic heterocycles. The van der Waals surface area contributed by atoms with Gasteiger partial charge in [0.25, 0.3) is 0 Å². The molecule has 1 aliphatic rings. The van der Waals surface area contributed by atoms with Gasteiger partial charge in [-0.05, 0) is 32.2 Å². The minimum atomic E-state index is 0.304. The highest BCUT2D eigenvalue weighted by atomic mass is 32.1. The molecule has 0 saturated carbocycles. The van der Waals surface area contributed by atoms with Gasteiger partial charge in [-0.25, -0.2) is 9.97 Å². The first kappa shape index (κ1) is 14.7. The molecule has 0 amide bonds. The first-order valence-electron chi connectivity index (χ1n) is 7.45. The molecule has 1 saturated heterocycles. The zero-order valence-electron chi connectivity index (χ0n) is 12.7. The molecule has 3 rings (SSSR count). The van der Waals surface area contributed by atoms with E-state index in [4.69, 9.17) is 4.74 Å². The van der Waals surface area contributed by atoms with Gasteiger partial charge in [0.15, 0.2) is 0 Å². The fourth-order valence-corrected chi connectivity index (χ4v) is 3.61.